The van der Waals surface area contributed by atoms with E-state index in [0.29, 0.717) is 23.2 Å². The number of rotatable bonds is 7. The van der Waals surface area contributed by atoms with Gasteiger partial charge in [-0.1, -0.05) is 54.2 Å². The standard InChI is InChI=1S/C25H23N3O2S/c1-30-23(29)14-15-31-25-27-21-9-5-4-8-20(21)24(28-25)26-22-13-12-17(16-10-11-16)18-6-2-3-7-19(18)22/h2-9,12-13,16H,10-11,14-15H2,1H3,(H,26,27,28). The highest BCUT2D eigenvalue weighted by atomic mass is 32.2. The third-order valence-corrected chi connectivity index (χ3v) is 6.42. The van der Waals surface area contributed by atoms with Crippen LogP contribution in [0.1, 0.15) is 30.7 Å². The highest BCUT2D eigenvalue weighted by molar-refractivity contribution is 7.99. The van der Waals surface area contributed by atoms with E-state index in [0.717, 1.165) is 22.4 Å². The zero-order chi connectivity index (χ0) is 21.2. The number of aromatic nitrogens is 2. The van der Waals surface area contributed by atoms with Crippen LogP contribution in [0.4, 0.5) is 11.5 Å². The summed E-state index contributed by atoms with van der Waals surface area (Å²) in [4.78, 5) is 20.9. The van der Waals surface area contributed by atoms with Crippen molar-refractivity contribution in [2.24, 2.45) is 0 Å². The van der Waals surface area contributed by atoms with Crippen LogP contribution in [0.3, 0.4) is 0 Å². The molecule has 0 bridgehead atoms. The van der Waals surface area contributed by atoms with Gasteiger partial charge in [0.15, 0.2) is 5.16 Å². The molecule has 0 amide bonds. The van der Waals surface area contributed by atoms with E-state index < -0.39 is 0 Å². The lowest BCUT2D eigenvalue weighted by Crippen LogP contribution is -2.03. The van der Waals surface area contributed by atoms with Crippen molar-refractivity contribution in [2.45, 2.75) is 30.3 Å². The number of anilines is 2. The number of thioether (sulfide) groups is 1. The van der Waals surface area contributed by atoms with E-state index in [4.69, 9.17) is 9.72 Å². The first-order valence-corrected chi connectivity index (χ1v) is 11.5. The molecule has 31 heavy (non-hydrogen) atoms. The molecule has 4 aromatic rings. The summed E-state index contributed by atoms with van der Waals surface area (Å²) in [6, 6.07) is 21.0. The molecular weight excluding hydrogens is 406 g/mol. The first-order valence-electron chi connectivity index (χ1n) is 10.5. The number of fused-ring (bicyclic) bond motifs is 2. The number of hydrogen-bond acceptors (Lipinski definition) is 6. The van der Waals surface area contributed by atoms with Crippen molar-refractivity contribution in [3.05, 3.63) is 66.2 Å². The molecule has 0 spiro atoms. The van der Waals surface area contributed by atoms with Crippen molar-refractivity contribution in [1.82, 2.24) is 9.97 Å². The third-order valence-electron chi connectivity index (χ3n) is 5.58. The summed E-state index contributed by atoms with van der Waals surface area (Å²) in [6.45, 7) is 0. The Hall–Kier alpha value is -3.12. The molecule has 6 heteroatoms. The minimum absolute atomic E-state index is 0.228. The highest BCUT2D eigenvalue weighted by Crippen LogP contribution is 2.44. The number of para-hydroxylation sites is 1. The van der Waals surface area contributed by atoms with E-state index in [1.165, 1.54) is 48.0 Å². The fourth-order valence-corrected chi connectivity index (χ4v) is 4.62. The van der Waals surface area contributed by atoms with Crippen molar-refractivity contribution in [3.8, 4) is 0 Å². The molecule has 1 aromatic heterocycles. The monoisotopic (exact) mass is 429 g/mol. The normalized spacial score (nSPS) is 13.5. The van der Waals surface area contributed by atoms with Gasteiger partial charge in [-0.25, -0.2) is 9.97 Å². The van der Waals surface area contributed by atoms with Gasteiger partial charge < -0.3 is 10.1 Å². The topological polar surface area (TPSA) is 64.1 Å². The summed E-state index contributed by atoms with van der Waals surface area (Å²) in [7, 11) is 1.40. The fourth-order valence-electron chi connectivity index (χ4n) is 3.85. The molecular formula is C25H23N3O2S. The maximum absolute atomic E-state index is 11.4. The number of esters is 1. The Morgan fingerprint density at radius 1 is 1.00 bits per heavy atom. The molecule has 3 aromatic carbocycles. The van der Waals surface area contributed by atoms with Crippen LogP contribution in [0.5, 0.6) is 0 Å². The fraction of sp³-hybridized carbons (Fsp3) is 0.240. The van der Waals surface area contributed by atoms with Gasteiger partial charge in [-0.15, -0.1) is 0 Å². The number of nitrogens with zero attached hydrogens (tertiary/aromatic N) is 2. The second-order valence-electron chi connectivity index (χ2n) is 7.69. The Morgan fingerprint density at radius 2 is 1.74 bits per heavy atom. The summed E-state index contributed by atoms with van der Waals surface area (Å²) < 4.78 is 4.73. The number of benzene rings is 3. The van der Waals surface area contributed by atoms with Crippen molar-refractivity contribution in [1.29, 1.82) is 0 Å². The summed E-state index contributed by atoms with van der Waals surface area (Å²) in [6.07, 6.45) is 2.88. The molecule has 1 aliphatic rings. The van der Waals surface area contributed by atoms with Crippen molar-refractivity contribution < 1.29 is 9.53 Å². The first-order chi connectivity index (χ1) is 15.2. The third kappa shape index (κ3) is 4.21. The summed E-state index contributed by atoms with van der Waals surface area (Å²) in [5.41, 5.74) is 3.35. The number of nitrogens with one attached hydrogen (secondary N) is 1. The Morgan fingerprint density at radius 3 is 2.52 bits per heavy atom. The quantitative estimate of drug-likeness (QED) is 0.219. The Labute approximate surface area is 185 Å². The number of carbonyl (C=O) groups excluding carboxylic acids is 1. The average molecular weight is 430 g/mol. The summed E-state index contributed by atoms with van der Waals surface area (Å²) >= 11 is 1.46. The van der Waals surface area contributed by atoms with E-state index in [1.54, 1.807) is 0 Å². The van der Waals surface area contributed by atoms with Gasteiger partial charge in [0.25, 0.3) is 0 Å². The second-order valence-corrected chi connectivity index (χ2v) is 8.76. The van der Waals surface area contributed by atoms with Gasteiger partial charge in [-0.05, 0) is 47.9 Å². The zero-order valence-electron chi connectivity index (χ0n) is 17.3. The lowest BCUT2D eigenvalue weighted by Gasteiger charge is -2.14. The minimum atomic E-state index is -0.228. The average Bonchev–Trinajstić information content (AvgIpc) is 3.64. The van der Waals surface area contributed by atoms with Gasteiger partial charge in [0.1, 0.15) is 5.82 Å². The lowest BCUT2D eigenvalue weighted by molar-refractivity contribution is -0.140. The zero-order valence-corrected chi connectivity index (χ0v) is 18.1. The number of ether oxygens (including phenoxy) is 1. The minimum Gasteiger partial charge on any atom is -0.469 e. The predicted molar refractivity (Wildman–Crippen MR) is 126 cm³/mol. The van der Waals surface area contributed by atoms with Gasteiger partial charge in [0, 0.05) is 22.2 Å². The van der Waals surface area contributed by atoms with Gasteiger partial charge in [0.05, 0.1) is 19.0 Å². The SMILES string of the molecule is COC(=O)CCSc1nc(Nc2ccc(C3CC3)c3ccccc23)c2ccccc2n1. The number of carbonyl (C=O) groups is 1. The highest BCUT2D eigenvalue weighted by Gasteiger charge is 2.25. The molecule has 1 N–H and O–H groups in total. The smallest absolute Gasteiger partial charge is 0.306 e. The molecule has 0 unspecified atom stereocenters. The van der Waals surface area contributed by atoms with E-state index in [9.17, 15) is 4.79 Å². The Bertz CT molecular complexity index is 1270. The molecule has 5 nitrogen and oxygen atoms in total. The maximum Gasteiger partial charge on any atom is 0.306 e. The van der Waals surface area contributed by atoms with Crippen LogP contribution in [0.15, 0.2) is 65.8 Å². The van der Waals surface area contributed by atoms with Crippen LogP contribution in [0, 0.1) is 0 Å². The lowest BCUT2D eigenvalue weighted by atomic mass is 9.99. The second kappa shape index (κ2) is 8.55. The van der Waals surface area contributed by atoms with Crippen molar-refractivity contribution >= 4 is 50.9 Å². The molecule has 5 rings (SSSR count). The van der Waals surface area contributed by atoms with Crippen LogP contribution >= 0.6 is 11.8 Å². The predicted octanol–water partition coefficient (Wildman–Crippen LogP) is 6.06. The summed E-state index contributed by atoms with van der Waals surface area (Å²) in [5.74, 6) is 1.81. The molecule has 0 aliphatic heterocycles. The van der Waals surface area contributed by atoms with E-state index in [2.05, 4.69) is 46.7 Å². The first kappa shape index (κ1) is 19.8. The molecule has 1 aliphatic carbocycles. The van der Waals surface area contributed by atoms with Crippen molar-refractivity contribution in [3.63, 3.8) is 0 Å². The van der Waals surface area contributed by atoms with Crippen LogP contribution in [-0.4, -0.2) is 28.8 Å². The number of methoxy groups -OCH3 is 1. The van der Waals surface area contributed by atoms with Gasteiger partial charge in [-0.2, -0.15) is 0 Å². The van der Waals surface area contributed by atoms with Gasteiger partial charge in [-0.3, -0.25) is 4.79 Å². The van der Waals surface area contributed by atoms with E-state index >= 15 is 0 Å². The van der Waals surface area contributed by atoms with Crippen LogP contribution in [-0.2, 0) is 9.53 Å². The van der Waals surface area contributed by atoms with Crippen LogP contribution in [0.25, 0.3) is 21.7 Å². The molecule has 1 saturated carbocycles. The van der Waals surface area contributed by atoms with Gasteiger partial charge in [0.2, 0.25) is 0 Å². The molecule has 0 saturated heterocycles. The van der Waals surface area contributed by atoms with E-state index in [1.807, 2.05) is 24.3 Å². The largest absolute Gasteiger partial charge is 0.469 e. The Balaban J connectivity index is 1.51. The van der Waals surface area contributed by atoms with Crippen molar-refractivity contribution in [2.75, 3.05) is 18.2 Å². The Kier molecular flexibility index (Phi) is 5.47. The molecule has 0 atom stereocenters. The van der Waals surface area contributed by atoms with Crippen LogP contribution in [0.2, 0.25) is 0 Å². The van der Waals surface area contributed by atoms with Gasteiger partial charge >= 0.3 is 5.97 Å². The molecule has 156 valence electrons. The molecule has 1 heterocycles. The molecule has 0 radical (unpaired) electrons. The number of hydrogen-bond donors (Lipinski definition) is 1. The maximum atomic E-state index is 11.4. The van der Waals surface area contributed by atoms with E-state index in [-0.39, 0.29) is 5.97 Å². The van der Waals surface area contributed by atoms with Crippen LogP contribution < -0.4 is 5.32 Å². The molecule has 1 fully saturated rings. The summed E-state index contributed by atoms with van der Waals surface area (Å²) in [5, 5.41) is 7.69.